The second-order valence-electron chi connectivity index (χ2n) is 9.60. The van der Waals surface area contributed by atoms with Crippen LogP contribution in [0.5, 0.6) is 5.75 Å². The normalized spacial score (nSPS) is 28.6. The van der Waals surface area contributed by atoms with Crippen LogP contribution in [-0.2, 0) is 16.1 Å². The number of para-hydroxylation sites is 1. The van der Waals surface area contributed by atoms with Crippen molar-refractivity contribution in [3.05, 3.63) is 65.7 Å². The molecule has 1 N–H and O–H groups in total. The van der Waals surface area contributed by atoms with Crippen molar-refractivity contribution in [2.24, 2.45) is 0 Å². The largest absolute Gasteiger partial charge is 0.491 e. The summed E-state index contributed by atoms with van der Waals surface area (Å²) in [4.78, 5) is 15.1. The predicted molar refractivity (Wildman–Crippen MR) is 125 cm³/mol. The minimum atomic E-state index is -0.192. The summed E-state index contributed by atoms with van der Waals surface area (Å²) in [5.74, 6) is 1.45. The number of amides is 1. The zero-order chi connectivity index (χ0) is 21.8. The van der Waals surface area contributed by atoms with Gasteiger partial charge in [-0.05, 0) is 37.3 Å². The summed E-state index contributed by atoms with van der Waals surface area (Å²) in [5.41, 5.74) is 2.33. The molecule has 3 atom stereocenters. The summed E-state index contributed by atoms with van der Waals surface area (Å²) in [6.07, 6.45) is 6.16. The molecule has 32 heavy (non-hydrogen) atoms. The van der Waals surface area contributed by atoms with Crippen molar-refractivity contribution in [2.75, 3.05) is 26.3 Å². The van der Waals surface area contributed by atoms with Crippen molar-refractivity contribution in [2.45, 2.75) is 62.6 Å². The van der Waals surface area contributed by atoms with Crippen molar-refractivity contribution in [3.63, 3.8) is 0 Å². The van der Waals surface area contributed by atoms with Gasteiger partial charge >= 0.3 is 0 Å². The van der Waals surface area contributed by atoms with Crippen molar-refractivity contribution in [1.82, 2.24) is 10.2 Å². The van der Waals surface area contributed by atoms with Crippen LogP contribution < -0.4 is 10.1 Å². The van der Waals surface area contributed by atoms with E-state index in [9.17, 15) is 4.79 Å². The third-order valence-corrected chi connectivity index (χ3v) is 7.30. The number of carbonyl (C=O) groups is 1. The van der Waals surface area contributed by atoms with Gasteiger partial charge in [0.25, 0.3) is 0 Å². The molecule has 3 saturated heterocycles. The predicted octanol–water partition coefficient (Wildman–Crippen LogP) is 4.27. The summed E-state index contributed by atoms with van der Waals surface area (Å²) in [6, 6.07) is 19.1. The SMILES string of the molecule is O=C1CCCC[C@]2(CN(Cc3ccccc3OC[C@H]3CCCO3)C[C@H]2c2ccccc2)N1. The lowest BCUT2D eigenvalue weighted by Crippen LogP contribution is -2.52. The first-order chi connectivity index (χ1) is 15.7. The second-order valence-corrected chi connectivity index (χ2v) is 9.60. The summed E-state index contributed by atoms with van der Waals surface area (Å²) in [7, 11) is 0. The van der Waals surface area contributed by atoms with Gasteiger partial charge in [-0.15, -0.1) is 0 Å². The van der Waals surface area contributed by atoms with Gasteiger partial charge in [-0.25, -0.2) is 0 Å². The van der Waals surface area contributed by atoms with Gasteiger partial charge < -0.3 is 14.8 Å². The standard InChI is InChI=1S/C27H34N2O3/c30-26-14-6-7-15-27(28-26)20-29(18-24(27)21-9-2-1-3-10-21)17-22-11-4-5-13-25(22)32-19-23-12-8-16-31-23/h1-5,9-11,13,23-24H,6-8,12,14-20H2,(H,28,30)/t23-,24+,27-/m1/s1. The van der Waals surface area contributed by atoms with E-state index in [-0.39, 0.29) is 17.6 Å². The van der Waals surface area contributed by atoms with Gasteiger partial charge in [-0.2, -0.15) is 0 Å². The van der Waals surface area contributed by atoms with Crippen LogP contribution in [0.25, 0.3) is 0 Å². The molecule has 0 aliphatic carbocycles. The number of nitrogens with zero attached hydrogens (tertiary/aromatic N) is 1. The van der Waals surface area contributed by atoms with E-state index in [0.717, 1.165) is 64.1 Å². The molecule has 1 spiro atoms. The first-order valence-corrected chi connectivity index (χ1v) is 12.1. The maximum Gasteiger partial charge on any atom is 0.220 e. The molecule has 0 saturated carbocycles. The Bertz CT molecular complexity index is 912. The number of nitrogens with one attached hydrogen (secondary N) is 1. The van der Waals surface area contributed by atoms with Crippen molar-refractivity contribution in [1.29, 1.82) is 0 Å². The smallest absolute Gasteiger partial charge is 0.220 e. The van der Waals surface area contributed by atoms with Gasteiger partial charge in [0, 0.05) is 44.1 Å². The lowest BCUT2D eigenvalue weighted by molar-refractivity contribution is -0.122. The Hall–Kier alpha value is -2.37. The maximum absolute atomic E-state index is 12.6. The molecule has 3 aliphatic heterocycles. The molecule has 0 aromatic heterocycles. The summed E-state index contributed by atoms with van der Waals surface area (Å²) in [5, 5.41) is 3.47. The Morgan fingerprint density at radius 1 is 1.06 bits per heavy atom. The van der Waals surface area contributed by atoms with E-state index in [1.54, 1.807) is 0 Å². The molecule has 5 rings (SSSR count). The lowest BCUT2D eigenvalue weighted by atomic mass is 9.79. The number of benzene rings is 2. The van der Waals surface area contributed by atoms with Gasteiger partial charge in [0.05, 0.1) is 11.6 Å². The van der Waals surface area contributed by atoms with E-state index in [2.05, 4.69) is 58.7 Å². The fourth-order valence-corrected chi connectivity index (χ4v) is 5.72. The third kappa shape index (κ3) is 4.69. The highest BCUT2D eigenvalue weighted by atomic mass is 16.5. The van der Waals surface area contributed by atoms with Gasteiger partial charge in [-0.1, -0.05) is 55.0 Å². The molecule has 170 valence electrons. The highest BCUT2D eigenvalue weighted by Crippen LogP contribution is 2.41. The van der Waals surface area contributed by atoms with Crippen LogP contribution in [0.4, 0.5) is 0 Å². The van der Waals surface area contributed by atoms with Crippen LogP contribution in [-0.4, -0.2) is 48.8 Å². The Morgan fingerprint density at radius 3 is 2.75 bits per heavy atom. The quantitative estimate of drug-likeness (QED) is 0.738. The topological polar surface area (TPSA) is 50.8 Å². The van der Waals surface area contributed by atoms with Crippen LogP contribution in [0.3, 0.4) is 0 Å². The zero-order valence-electron chi connectivity index (χ0n) is 18.8. The van der Waals surface area contributed by atoms with Crippen LogP contribution >= 0.6 is 0 Å². The number of hydrogen-bond donors (Lipinski definition) is 1. The van der Waals surface area contributed by atoms with Crippen molar-refractivity contribution >= 4 is 5.91 Å². The summed E-state index contributed by atoms with van der Waals surface area (Å²) >= 11 is 0. The highest BCUT2D eigenvalue weighted by Gasteiger charge is 2.48. The number of likely N-dealkylation sites (tertiary alicyclic amines) is 1. The average Bonchev–Trinajstić information content (AvgIpc) is 3.40. The fraction of sp³-hybridized carbons (Fsp3) is 0.519. The molecule has 2 aromatic rings. The summed E-state index contributed by atoms with van der Waals surface area (Å²) < 4.78 is 11.9. The van der Waals surface area contributed by atoms with Crippen LogP contribution in [0.15, 0.2) is 54.6 Å². The molecule has 0 unspecified atom stereocenters. The first-order valence-electron chi connectivity index (χ1n) is 12.1. The van der Waals surface area contributed by atoms with Crippen LogP contribution in [0.2, 0.25) is 0 Å². The molecule has 5 heteroatoms. The van der Waals surface area contributed by atoms with E-state index >= 15 is 0 Å². The third-order valence-electron chi connectivity index (χ3n) is 7.30. The van der Waals surface area contributed by atoms with Crippen molar-refractivity contribution in [3.8, 4) is 5.75 Å². The molecule has 0 radical (unpaired) electrons. The Kier molecular flexibility index (Phi) is 6.47. The molecule has 5 nitrogen and oxygen atoms in total. The summed E-state index contributed by atoms with van der Waals surface area (Å²) in [6.45, 7) is 4.09. The zero-order valence-corrected chi connectivity index (χ0v) is 18.8. The lowest BCUT2D eigenvalue weighted by Gasteiger charge is -2.35. The molecular weight excluding hydrogens is 400 g/mol. The van der Waals surface area contributed by atoms with E-state index in [1.807, 2.05) is 6.07 Å². The number of carbonyl (C=O) groups excluding carboxylic acids is 1. The van der Waals surface area contributed by atoms with Gasteiger partial charge in [-0.3, -0.25) is 9.69 Å². The molecule has 3 heterocycles. The Labute approximate surface area is 191 Å². The average molecular weight is 435 g/mol. The minimum Gasteiger partial charge on any atom is -0.491 e. The Morgan fingerprint density at radius 2 is 1.91 bits per heavy atom. The van der Waals surface area contributed by atoms with Gasteiger partial charge in [0.1, 0.15) is 12.4 Å². The molecule has 0 bridgehead atoms. The number of ether oxygens (including phenoxy) is 2. The monoisotopic (exact) mass is 434 g/mol. The van der Waals surface area contributed by atoms with E-state index in [1.165, 1.54) is 11.1 Å². The fourth-order valence-electron chi connectivity index (χ4n) is 5.72. The molecular formula is C27H34N2O3. The van der Waals surface area contributed by atoms with Crippen molar-refractivity contribution < 1.29 is 14.3 Å². The van der Waals surface area contributed by atoms with E-state index in [4.69, 9.17) is 9.47 Å². The van der Waals surface area contributed by atoms with Gasteiger partial charge in [0.2, 0.25) is 5.91 Å². The molecule has 1 amide bonds. The second kappa shape index (κ2) is 9.63. The number of hydrogen-bond acceptors (Lipinski definition) is 4. The van der Waals surface area contributed by atoms with E-state index in [0.29, 0.717) is 18.9 Å². The molecule has 3 aliphatic rings. The number of rotatable bonds is 6. The maximum atomic E-state index is 12.6. The van der Waals surface area contributed by atoms with Crippen LogP contribution in [0.1, 0.15) is 55.6 Å². The van der Waals surface area contributed by atoms with E-state index < -0.39 is 0 Å². The minimum absolute atomic E-state index is 0.192. The first kappa shape index (κ1) is 21.5. The highest BCUT2D eigenvalue weighted by molar-refractivity contribution is 5.77. The molecule has 3 fully saturated rings. The Balaban J connectivity index is 1.35. The van der Waals surface area contributed by atoms with Crippen LogP contribution in [0, 0.1) is 0 Å². The van der Waals surface area contributed by atoms with Gasteiger partial charge in [0.15, 0.2) is 0 Å². The molecule has 2 aromatic carbocycles.